The molecule has 2 unspecified atom stereocenters. The van der Waals surface area contributed by atoms with Gasteiger partial charge in [-0.25, -0.2) is 0 Å². The molecule has 0 saturated heterocycles. The minimum Gasteiger partial charge on any atom is -0.356 e. The molecule has 0 aromatic carbocycles. The van der Waals surface area contributed by atoms with Crippen molar-refractivity contribution in [1.82, 2.24) is 10.6 Å². The van der Waals surface area contributed by atoms with Gasteiger partial charge in [-0.05, 0) is 24.7 Å². The van der Waals surface area contributed by atoms with Crippen LogP contribution in [0.5, 0.6) is 0 Å². The molecule has 4 heteroatoms. The van der Waals surface area contributed by atoms with Gasteiger partial charge in [-0.1, -0.05) is 32.1 Å². The summed E-state index contributed by atoms with van der Waals surface area (Å²) in [6.07, 6.45) is 9.91. The molecule has 0 spiro atoms. The fraction of sp³-hybridized carbons (Fsp3) is 0.923. The van der Waals surface area contributed by atoms with E-state index in [1.165, 1.54) is 44.9 Å². The molecule has 2 atom stereocenters. The molecule has 3 nitrogen and oxygen atoms in total. The summed E-state index contributed by atoms with van der Waals surface area (Å²) in [5.41, 5.74) is 0. The lowest BCUT2D eigenvalue weighted by Crippen LogP contribution is -2.42. The third-order valence-corrected chi connectivity index (χ3v) is 4.31. The second-order valence-corrected chi connectivity index (χ2v) is 5.56. The highest BCUT2D eigenvalue weighted by atomic mass is 127. The summed E-state index contributed by atoms with van der Waals surface area (Å²) in [7, 11) is 0. The van der Waals surface area contributed by atoms with Gasteiger partial charge in [0.2, 0.25) is 0 Å². The largest absolute Gasteiger partial charge is 0.356 e. The van der Waals surface area contributed by atoms with E-state index in [9.17, 15) is 0 Å². The predicted molar refractivity (Wildman–Crippen MR) is 81.9 cm³/mol. The Hall–Kier alpha value is 0. The van der Waals surface area contributed by atoms with Crippen LogP contribution >= 0.6 is 24.0 Å². The van der Waals surface area contributed by atoms with Crippen LogP contribution in [-0.2, 0) is 0 Å². The Balaban J connectivity index is 0.00000108. The molecule has 2 saturated carbocycles. The zero-order chi connectivity index (χ0) is 10.8. The molecule has 1 aliphatic heterocycles. The molecule has 0 amide bonds. The quantitative estimate of drug-likeness (QED) is 0.752. The van der Waals surface area contributed by atoms with Gasteiger partial charge in [0.05, 0.1) is 0 Å². The first-order chi connectivity index (χ1) is 7.93. The first-order valence-electron chi connectivity index (χ1n) is 6.98. The number of nitrogens with zero attached hydrogens (tertiary/aromatic N) is 1. The SMILES string of the molecule is C1CCC(C2CC2NC2=NCCCN2)CC1.I. The molecule has 0 aromatic heterocycles. The average molecular weight is 349 g/mol. The van der Waals surface area contributed by atoms with E-state index in [1.807, 2.05) is 0 Å². The number of nitrogens with one attached hydrogen (secondary N) is 2. The second kappa shape index (κ2) is 6.25. The van der Waals surface area contributed by atoms with Crippen molar-refractivity contribution in [2.75, 3.05) is 13.1 Å². The van der Waals surface area contributed by atoms with Crippen LogP contribution in [0.15, 0.2) is 4.99 Å². The molecule has 0 radical (unpaired) electrons. The summed E-state index contributed by atoms with van der Waals surface area (Å²) in [6.45, 7) is 2.09. The van der Waals surface area contributed by atoms with E-state index in [1.54, 1.807) is 0 Å². The molecule has 0 bridgehead atoms. The van der Waals surface area contributed by atoms with Crippen LogP contribution in [0.4, 0.5) is 0 Å². The van der Waals surface area contributed by atoms with Gasteiger partial charge in [0.15, 0.2) is 5.96 Å². The highest BCUT2D eigenvalue weighted by Crippen LogP contribution is 2.44. The molecule has 17 heavy (non-hydrogen) atoms. The third-order valence-electron chi connectivity index (χ3n) is 4.31. The van der Waals surface area contributed by atoms with E-state index >= 15 is 0 Å². The van der Waals surface area contributed by atoms with E-state index < -0.39 is 0 Å². The van der Waals surface area contributed by atoms with Crippen LogP contribution in [-0.4, -0.2) is 25.1 Å². The van der Waals surface area contributed by atoms with Crippen molar-refractivity contribution >= 4 is 29.9 Å². The Morgan fingerprint density at radius 2 is 1.94 bits per heavy atom. The van der Waals surface area contributed by atoms with Crippen molar-refractivity contribution in [3.63, 3.8) is 0 Å². The Bertz CT molecular complexity index is 274. The summed E-state index contributed by atoms with van der Waals surface area (Å²) in [6, 6.07) is 0.729. The van der Waals surface area contributed by atoms with Crippen LogP contribution in [0.1, 0.15) is 44.9 Å². The molecule has 0 aromatic rings. The van der Waals surface area contributed by atoms with Crippen LogP contribution in [0, 0.1) is 11.8 Å². The van der Waals surface area contributed by atoms with Crippen LogP contribution < -0.4 is 10.6 Å². The van der Waals surface area contributed by atoms with Crippen LogP contribution in [0.25, 0.3) is 0 Å². The smallest absolute Gasteiger partial charge is 0.191 e. The number of guanidine groups is 1. The van der Waals surface area contributed by atoms with Gasteiger partial charge in [0.1, 0.15) is 0 Å². The zero-order valence-electron chi connectivity index (χ0n) is 10.5. The van der Waals surface area contributed by atoms with Crippen LogP contribution in [0.3, 0.4) is 0 Å². The van der Waals surface area contributed by atoms with Gasteiger partial charge in [0, 0.05) is 19.1 Å². The third kappa shape index (κ3) is 3.48. The lowest BCUT2D eigenvalue weighted by atomic mass is 9.85. The number of hydrogen-bond donors (Lipinski definition) is 2. The van der Waals surface area contributed by atoms with Gasteiger partial charge in [-0.2, -0.15) is 0 Å². The topological polar surface area (TPSA) is 36.4 Å². The van der Waals surface area contributed by atoms with E-state index in [0.717, 1.165) is 36.9 Å². The van der Waals surface area contributed by atoms with Gasteiger partial charge < -0.3 is 10.6 Å². The van der Waals surface area contributed by atoms with E-state index in [-0.39, 0.29) is 24.0 Å². The van der Waals surface area contributed by atoms with Gasteiger partial charge in [-0.3, -0.25) is 4.99 Å². The highest BCUT2D eigenvalue weighted by molar-refractivity contribution is 14.0. The molecule has 2 fully saturated rings. The minimum absolute atomic E-state index is 0. The summed E-state index contributed by atoms with van der Waals surface area (Å²) in [5, 5.41) is 6.93. The van der Waals surface area contributed by atoms with E-state index in [4.69, 9.17) is 0 Å². The Morgan fingerprint density at radius 3 is 2.65 bits per heavy atom. The number of aliphatic imine (C=N–C) groups is 1. The van der Waals surface area contributed by atoms with Crippen molar-refractivity contribution in [3.05, 3.63) is 0 Å². The molecule has 2 aliphatic carbocycles. The van der Waals surface area contributed by atoms with Gasteiger partial charge in [0.25, 0.3) is 0 Å². The predicted octanol–water partition coefficient (Wildman–Crippen LogP) is 2.51. The fourth-order valence-corrected chi connectivity index (χ4v) is 3.27. The number of halogens is 1. The molecule has 98 valence electrons. The maximum absolute atomic E-state index is 4.48. The standard InChI is InChI=1S/C13H23N3.HI/c1-2-5-10(6-3-1)11-9-12(11)16-13-14-7-4-8-15-13;/h10-12H,1-9H2,(H2,14,15,16);1H. The molecule has 3 rings (SSSR count). The number of hydrogen-bond acceptors (Lipinski definition) is 3. The van der Waals surface area contributed by atoms with Gasteiger partial charge >= 0.3 is 0 Å². The van der Waals surface area contributed by atoms with Crippen molar-refractivity contribution in [2.24, 2.45) is 16.8 Å². The first-order valence-corrected chi connectivity index (χ1v) is 6.98. The summed E-state index contributed by atoms with van der Waals surface area (Å²) >= 11 is 0. The molecule has 2 N–H and O–H groups in total. The first kappa shape index (κ1) is 13.4. The van der Waals surface area contributed by atoms with Crippen molar-refractivity contribution in [2.45, 2.75) is 51.0 Å². The Kier molecular flexibility index (Phi) is 4.94. The second-order valence-electron chi connectivity index (χ2n) is 5.56. The summed E-state index contributed by atoms with van der Waals surface area (Å²) in [4.78, 5) is 4.48. The van der Waals surface area contributed by atoms with E-state index in [2.05, 4.69) is 15.6 Å². The lowest BCUT2D eigenvalue weighted by Gasteiger charge is -2.22. The zero-order valence-corrected chi connectivity index (χ0v) is 12.8. The highest BCUT2D eigenvalue weighted by Gasteiger charge is 2.43. The van der Waals surface area contributed by atoms with Crippen LogP contribution in [0.2, 0.25) is 0 Å². The molecule has 3 aliphatic rings. The summed E-state index contributed by atoms with van der Waals surface area (Å²) in [5.74, 6) is 3.02. The summed E-state index contributed by atoms with van der Waals surface area (Å²) < 4.78 is 0. The van der Waals surface area contributed by atoms with Crippen molar-refractivity contribution < 1.29 is 0 Å². The molecule has 1 heterocycles. The van der Waals surface area contributed by atoms with E-state index in [0.29, 0.717) is 0 Å². The minimum atomic E-state index is 0. The maximum Gasteiger partial charge on any atom is 0.191 e. The Labute approximate surface area is 121 Å². The van der Waals surface area contributed by atoms with Crippen molar-refractivity contribution in [1.29, 1.82) is 0 Å². The fourth-order valence-electron chi connectivity index (χ4n) is 3.27. The normalized spacial score (nSPS) is 33.1. The lowest BCUT2D eigenvalue weighted by molar-refractivity contribution is 0.315. The molecular formula is C13H24IN3. The van der Waals surface area contributed by atoms with Gasteiger partial charge in [-0.15, -0.1) is 24.0 Å². The Morgan fingerprint density at radius 1 is 1.12 bits per heavy atom. The maximum atomic E-state index is 4.48. The average Bonchev–Trinajstić information content (AvgIpc) is 3.11. The monoisotopic (exact) mass is 349 g/mol. The number of rotatable bonds is 2. The molecular weight excluding hydrogens is 325 g/mol. The van der Waals surface area contributed by atoms with Crippen molar-refractivity contribution in [3.8, 4) is 0 Å².